The number of piperidine rings is 1. The molecule has 0 bridgehead atoms. The van der Waals surface area contributed by atoms with E-state index in [1.165, 1.54) is 5.56 Å². The number of likely N-dealkylation sites (tertiary alicyclic amines) is 1. The van der Waals surface area contributed by atoms with Gasteiger partial charge in [0.25, 0.3) is 0 Å². The number of aryl methyl sites for hydroxylation is 1. The Balaban J connectivity index is 1.91. The third kappa shape index (κ3) is 3.09. The first-order chi connectivity index (χ1) is 8.70. The van der Waals surface area contributed by atoms with Gasteiger partial charge in [-0.2, -0.15) is 0 Å². The lowest BCUT2D eigenvalue weighted by atomic mass is 10.0. The molecule has 1 saturated heterocycles. The molecule has 2 N–H and O–H groups in total. The summed E-state index contributed by atoms with van der Waals surface area (Å²) in [7, 11) is 0. The maximum Gasteiger partial charge on any atom is 0.227 e. The number of rotatable bonds is 3. The summed E-state index contributed by atoms with van der Waals surface area (Å²) in [6.45, 7) is 3.52. The number of hydrogen-bond acceptors (Lipinski definition) is 3. The first kappa shape index (κ1) is 13.1. The summed E-state index contributed by atoms with van der Waals surface area (Å²) >= 11 is 0. The van der Waals surface area contributed by atoms with Gasteiger partial charge in [-0.3, -0.25) is 4.79 Å². The normalized spacial score (nSPS) is 16.9. The van der Waals surface area contributed by atoms with E-state index in [4.69, 9.17) is 10.7 Å². The first-order valence-corrected chi connectivity index (χ1v) is 6.38. The minimum absolute atomic E-state index is 0.104. The summed E-state index contributed by atoms with van der Waals surface area (Å²) in [6.07, 6.45) is 2.25. The topological polar surface area (TPSA) is 55.6 Å². The minimum Gasteiger partial charge on any atom is -0.342 e. The number of nitrogens with zero attached hydrogens (tertiary/aromatic N) is 1. The van der Waals surface area contributed by atoms with Gasteiger partial charge in [0.1, 0.15) is 0 Å². The highest BCUT2D eigenvalue weighted by Gasteiger charge is 2.23. The predicted octanol–water partition coefficient (Wildman–Crippen LogP) is 1.42. The van der Waals surface area contributed by atoms with Crippen molar-refractivity contribution < 1.29 is 9.63 Å². The van der Waals surface area contributed by atoms with Gasteiger partial charge in [-0.15, -0.1) is 0 Å². The van der Waals surface area contributed by atoms with Crippen molar-refractivity contribution in [1.82, 2.24) is 4.90 Å². The Morgan fingerprint density at radius 2 is 2.06 bits per heavy atom. The zero-order chi connectivity index (χ0) is 13.0. The van der Waals surface area contributed by atoms with Gasteiger partial charge in [-0.25, -0.2) is 5.90 Å². The molecule has 0 saturated carbocycles. The average Bonchev–Trinajstić information content (AvgIpc) is 2.41. The molecule has 0 atom stereocenters. The van der Waals surface area contributed by atoms with Crippen LogP contribution in [-0.4, -0.2) is 30.0 Å². The lowest BCUT2D eigenvalue weighted by Gasteiger charge is -2.31. The van der Waals surface area contributed by atoms with Crippen LogP contribution in [0.15, 0.2) is 24.3 Å². The third-order valence-corrected chi connectivity index (χ3v) is 3.59. The van der Waals surface area contributed by atoms with Gasteiger partial charge in [0.05, 0.1) is 12.5 Å². The lowest BCUT2D eigenvalue weighted by Crippen LogP contribution is -2.42. The van der Waals surface area contributed by atoms with Gasteiger partial charge < -0.3 is 9.74 Å². The Hall–Kier alpha value is -1.39. The molecule has 4 heteroatoms. The van der Waals surface area contributed by atoms with Crippen molar-refractivity contribution in [3.8, 4) is 0 Å². The van der Waals surface area contributed by atoms with Crippen molar-refractivity contribution in [3.05, 3.63) is 35.4 Å². The van der Waals surface area contributed by atoms with Gasteiger partial charge in [0.15, 0.2) is 0 Å². The van der Waals surface area contributed by atoms with Crippen LogP contribution in [0.4, 0.5) is 0 Å². The number of amides is 1. The fourth-order valence-electron chi connectivity index (χ4n) is 2.32. The van der Waals surface area contributed by atoms with Crippen LogP contribution in [0.5, 0.6) is 0 Å². The quantitative estimate of drug-likeness (QED) is 0.823. The average molecular weight is 248 g/mol. The van der Waals surface area contributed by atoms with Gasteiger partial charge in [-0.05, 0) is 30.9 Å². The van der Waals surface area contributed by atoms with E-state index >= 15 is 0 Å². The van der Waals surface area contributed by atoms with Crippen LogP contribution in [0, 0.1) is 6.92 Å². The molecule has 1 heterocycles. The lowest BCUT2D eigenvalue weighted by molar-refractivity contribution is -0.133. The van der Waals surface area contributed by atoms with Crippen molar-refractivity contribution in [2.45, 2.75) is 32.3 Å². The fraction of sp³-hybridized carbons (Fsp3) is 0.500. The Morgan fingerprint density at radius 1 is 1.39 bits per heavy atom. The largest absolute Gasteiger partial charge is 0.342 e. The maximum absolute atomic E-state index is 12.2. The molecule has 1 amide bonds. The Kier molecular flexibility index (Phi) is 4.33. The molecule has 0 radical (unpaired) electrons. The summed E-state index contributed by atoms with van der Waals surface area (Å²) in [5, 5.41) is 0. The van der Waals surface area contributed by atoms with E-state index in [1.54, 1.807) is 0 Å². The summed E-state index contributed by atoms with van der Waals surface area (Å²) in [4.78, 5) is 18.9. The molecular weight excluding hydrogens is 228 g/mol. The maximum atomic E-state index is 12.2. The number of hydrogen-bond donors (Lipinski definition) is 1. The van der Waals surface area contributed by atoms with Crippen LogP contribution in [0.2, 0.25) is 0 Å². The molecule has 0 unspecified atom stereocenters. The van der Waals surface area contributed by atoms with Crippen molar-refractivity contribution >= 4 is 5.91 Å². The van der Waals surface area contributed by atoms with Crippen LogP contribution >= 0.6 is 0 Å². The molecule has 1 aliphatic rings. The van der Waals surface area contributed by atoms with Crippen LogP contribution < -0.4 is 5.90 Å². The third-order valence-electron chi connectivity index (χ3n) is 3.59. The van der Waals surface area contributed by atoms with Crippen LogP contribution in [0.25, 0.3) is 0 Å². The Labute approximate surface area is 108 Å². The van der Waals surface area contributed by atoms with E-state index in [1.807, 2.05) is 36.1 Å². The Morgan fingerprint density at radius 3 is 2.67 bits per heavy atom. The predicted molar refractivity (Wildman–Crippen MR) is 69.8 cm³/mol. The van der Waals surface area contributed by atoms with E-state index in [2.05, 4.69) is 0 Å². The first-order valence-electron chi connectivity index (χ1n) is 6.38. The van der Waals surface area contributed by atoms with Crippen molar-refractivity contribution in [2.75, 3.05) is 13.1 Å². The number of nitrogens with two attached hydrogens (primary N) is 1. The molecule has 2 rings (SSSR count). The number of carbonyl (C=O) groups excluding carboxylic acids is 1. The summed E-state index contributed by atoms with van der Waals surface area (Å²) in [5.41, 5.74) is 2.28. The van der Waals surface area contributed by atoms with Gasteiger partial charge in [0, 0.05) is 13.1 Å². The number of carbonyl (C=O) groups is 1. The summed E-state index contributed by atoms with van der Waals surface area (Å²) < 4.78 is 0. The van der Waals surface area contributed by atoms with Gasteiger partial charge in [0.2, 0.25) is 5.91 Å². The van der Waals surface area contributed by atoms with Crippen molar-refractivity contribution in [3.63, 3.8) is 0 Å². The second-order valence-electron chi connectivity index (χ2n) is 4.82. The molecule has 1 aromatic carbocycles. The molecule has 0 aromatic heterocycles. The van der Waals surface area contributed by atoms with E-state index in [0.717, 1.165) is 31.5 Å². The van der Waals surface area contributed by atoms with E-state index in [0.29, 0.717) is 6.42 Å². The molecule has 18 heavy (non-hydrogen) atoms. The highest BCUT2D eigenvalue weighted by molar-refractivity contribution is 5.79. The zero-order valence-electron chi connectivity index (χ0n) is 10.8. The molecule has 4 nitrogen and oxygen atoms in total. The Bertz CT molecular complexity index is 412. The molecule has 0 aliphatic carbocycles. The molecule has 1 aromatic rings. The highest BCUT2D eigenvalue weighted by atomic mass is 16.6. The van der Waals surface area contributed by atoms with Gasteiger partial charge in [-0.1, -0.05) is 24.3 Å². The number of benzene rings is 1. The molecule has 98 valence electrons. The van der Waals surface area contributed by atoms with Crippen molar-refractivity contribution in [1.29, 1.82) is 0 Å². The van der Waals surface area contributed by atoms with Gasteiger partial charge >= 0.3 is 0 Å². The zero-order valence-corrected chi connectivity index (χ0v) is 10.8. The van der Waals surface area contributed by atoms with Crippen molar-refractivity contribution in [2.24, 2.45) is 5.90 Å². The smallest absolute Gasteiger partial charge is 0.227 e. The van der Waals surface area contributed by atoms with Crippen LogP contribution in [0.3, 0.4) is 0 Å². The standard InChI is InChI=1S/C14H20N2O2/c1-11-4-2-3-5-12(11)10-14(17)16-8-6-13(18-15)7-9-16/h2-5,13H,6-10,15H2,1H3. The summed E-state index contributed by atoms with van der Waals surface area (Å²) in [6, 6.07) is 8.03. The monoisotopic (exact) mass is 248 g/mol. The van der Waals surface area contributed by atoms with E-state index in [9.17, 15) is 4.79 Å². The molecular formula is C14H20N2O2. The SMILES string of the molecule is Cc1ccccc1CC(=O)N1CCC(ON)CC1. The van der Waals surface area contributed by atoms with Crippen LogP contribution in [-0.2, 0) is 16.1 Å². The second-order valence-corrected chi connectivity index (χ2v) is 4.82. The van der Waals surface area contributed by atoms with E-state index < -0.39 is 0 Å². The molecule has 1 fully saturated rings. The highest BCUT2D eigenvalue weighted by Crippen LogP contribution is 2.15. The second kappa shape index (κ2) is 5.98. The fourth-order valence-corrected chi connectivity index (χ4v) is 2.32. The minimum atomic E-state index is 0.104. The summed E-state index contributed by atoms with van der Waals surface area (Å²) in [5.74, 6) is 5.36. The molecule has 1 aliphatic heterocycles. The van der Waals surface area contributed by atoms with Crippen LogP contribution in [0.1, 0.15) is 24.0 Å². The van der Waals surface area contributed by atoms with E-state index in [-0.39, 0.29) is 12.0 Å². The molecule has 0 spiro atoms.